The van der Waals surface area contributed by atoms with E-state index in [1.807, 2.05) is 40.6 Å². The van der Waals surface area contributed by atoms with Crippen molar-refractivity contribution in [2.24, 2.45) is 5.10 Å². The molecule has 3 aromatic rings. The Morgan fingerprint density at radius 2 is 1.91 bits per heavy atom. The van der Waals surface area contributed by atoms with E-state index in [-0.39, 0.29) is 24.5 Å². The molecule has 1 N–H and O–H groups in total. The molecule has 10 nitrogen and oxygen atoms in total. The van der Waals surface area contributed by atoms with Gasteiger partial charge >= 0.3 is 7.60 Å². The zero-order valence-electron chi connectivity index (χ0n) is 18.5. The Morgan fingerprint density at radius 3 is 2.61 bits per heavy atom. The molecule has 1 saturated heterocycles. The Morgan fingerprint density at radius 1 is 1.18 bits per heavy atom. The molecule has 0 unspecified atom stereocenters. The molecular formula is C21H26N5O5PS. The average Bonchev–Trinajstić information content (AvgIpc) is 3.49. The summed E-state index contributed by atoms with van der Waals surface area (Å²) in [7, 11) is -3.66. The molecule has 0 spiro atoms. The molecule has 2 aromatic heterocycles. The fourth-order valence-corrected chi connectivity index (χ4v) is 5.54. The summed E-state index contributed by atoms with van der Waals surface area (Å²) in [6.07, 6.45) is 1.42. The molecule has 1 fully saturated rings. The highest BCUT2D eigenvalue weighted by molar-refractivity contribution is 7.62. The van der Waals surface area contributed by atoms with Gasteiger partial charge in [0.2, 0.25) is 22.3 Å². The minimum Gasteiger partial charge on any atom is -0.418 e. The van der Waals surface area contributed by atoms with Crippen molar-refractivity contribution in [3.8, 4) is 11.3 Å². The van der Waals surface area contributed by atoms with Gasteiger partial charge in [0.15, 0.2) is 0 Å². The van der Waals surface area contributed by atoms with Crippen LogP contribution in [0.1, 0.15) is 19.7 Å². The van der Waals surface area contributed by atoms with Crippen molar-refractivity contribution in [1.82, 2.24) is 9.97 Å². The van der Waals surface area contributed by atoms with E-state index in [2.05, 4.69) is 20.5 Å². The van der Waals surface area contributed by atoms with E-state index < -0.39 is 7.60 Å². The fourth-order valence-electron chi connectivity index (χ4n) is 3.23. The van der Waals surface area contributed by atoms with Gasteiger partial charge in [-0.3, -0.25) is 9.99 Å². The van der Waals surface area contributed by atoms with Gasteiger partial charge in [-0.05, 0) is 13.8 Å². The van der Waals surface area contributed by atoms with Gasteiger partial charge in [0.25, 0.3) is 0 Å². The monoisotopic (exact) mass is 491 g/mol. The first-order valence-electron chi connectivity index (χ1n) is 10.7. The highest BCUT2D eigenvalue weighted by Gasteiger charge is 2.37. The number of thiazole rings is 1. The second-order valence-corrected chi connectivity index (χ2v) is 9.68. The van der Waals surface area contributed by atoms with Gasteiger partial charge in [-0.15, -0.1) is 11.3 Å². The summed E-state index contributed by atoms with van der Waals surface area (Å²) < 4.78 is 35.8. The van der Waals surface area contributed by atoms with Crippen LogP contribution in [0.2, 0.25) is 0 Å². The van der Waals surface area contributed by atoms with Crippen molar-refractivity contribution >= 4 is 41.6 Å². The first-order valence-corrected chi connectivity index (χ1v) is 13.1. The minimum absolute atomic E-state index is 0.148. The standard InChI is InChI=1S/C21H26N5O5PS/c1-3-29-32(27,30-4-2)19-20(26-10-12-28-13-11-26)31-18(24-19)14-22-25-21-23-17(15-33-21)16-8-6-5-7-9-16/h5-9,14-15H,3-4,10-13H2,1-2H3,(H,23,25)/b22-14-. The highest BCUT2D eigenvalue weighted by Crippen LogP contribution is 2.49. The molecule has 176 valence electrons. The number of ether oxygens (including phenoxy) is 1. The molecule has 12 heteroatoms. The molecule has 33 heavy (non-hydrogen) atoms. The van der Waals surface area contributed by atoms with Gasteiger partial charge < -0.3 is 23.1 Å². The number of morpholine rings is 1. The minimum atomic E-state index is -3.66. The van der Waals surface area contributed by atoms with Gasteiger partial charge in [-0.2, -0.15) is 10.1 Å². The number of nitrogens with one attached hydrogen (secondary N) is 1. The first kappa shape index (κ1) is 23.6. The number of rotatable bonds is 10. The molecule has 0 amide bonds. The maximum absolute atomic E-state index is 13.4. The molecule has 0 saturated carbocycles. The van der Waals surface area contributed by atoms with E-state index >= 15 is 0 Å². The Hall–Kier alpha value is -2.56. The summed E-state index contributed by atoms with van der Waals surface area (Å²) in [5.74, 6) is 0.532. The van der Waals surface area contributed by atoms with Crippen molar-refractivity contribution in [2.45, 2.75) is 13.8 Å². The van der Waals surface area contributed by atoms with Gasteiger partial charge in [0.05, 0.1) is 32.1 Å². The molecule has 1 aromatic carbocycles. The van der Waals surface area contributed by atoms with Crippen LogP contribution in [0.4, 0.5) is 11.0 Å². The number of nitrogens with zero attached hydrogens (tertiary/aromatic N) is 4. The number of oxazole rings is 1. The SMILES string of the molecule is CCOP(=O)(OCC)c1nc(/C=N\Nc2nc(-c3ccccc3)cs2)oc1N1CCOCC1. The Bertz CT molecular complexity index is 1100. The molecule has 0 aliphatic carbocycles. The highest BCUT2D eigenvalue weighted by atomic mass is 32.1. The van der Waals surface area contributed by atoms with Crippen molar-refractivity contribution in [1.29, 1.82) is 0 Å². The lowest BCUT2D eigenvalue weighted by atomic mass is 10.2. The fraction of sp³-hybridized carbons (Fsp3) is 0.381. The largest absolute Gasteiger partial charge is 0.418 e. The zero-order chi connectivity index (χ0) is 23.1. The summed E-state index contributed by atoms with van der Waals surface area (Å²) >= 11 is 1.43. The Labute approximate surface area is 196 Å². The van der Waals surface area contributed by atoms with Crippen LogP contribution in [0, 0.1) is 0 Å². The van der Waals surface area contributed by atoms with Gasteiger partial charge in [-0.25, -0.2) is 4.98 Å². The van der Waals surface area contributed by atoms with Crippen LogP contribution < -0.4 is 15.8 Å². The summed E-state index contributed by atoms with van der Waals surface area (Å²) in [5, 5.41) is 6.77. The lowest BCUT2D eigenvalue weighted by Crippen LogP contribution is -2.38. The van der Waals surface area contributed by atoms with E-state index in [0.29, 0.717) is 37.3 Å². The maximum atomic E-state index is 13.4. The van der Waals surface area contributed by atoms with Gasteiger partial charge in [0, 0.05) is 24.0 Å². The zero-order valence-corrected chi connectivity index (χ0v) is 20.2. The number of hydrogen-bond donors (Lipinski definition) is 1. The van der Waals surface area contributed by atoms with Gasteiger partial charge in [0.1, 0.15) is 6.21 Å². The summed E-state index contributed by atoms with van der Waals surface area (Å²) in [6.45, 7) is 6.16. The van der Waals surface area contributed by atoms with Crippen LogP contribution in [-0.4, -0.2) is 55.7 Å². The van der Waals surface area contributed by atoms with Crippen LogP contribution >= 0.6 is 18.9 Å². The van der Waals surface area contributed by atoms with Gasteiger partial charge in [-0.1, -0.05) is 30.3 Å². The summed E-state index contributed by atoms with van der Waals surface area (Å²) in [4.78, 5) is 10.9. The third kappa shape index (κ3) is 5.69. The van der Waals surface area contributed by atoms with E-state index in [1.54, 1.807) is 13.8 Å². The maximum Gasteiger partial charge on any atom is 0.385 e. The Kier molecular flexibility index (Phi) is 7.89. The molecule has 0 atom stereocenters. The first-order chi connectivity index (χ1) is 16.1. The molecule has 0 radical (unpaired) electrons. The van der Waals surface area contributed by atoms with Crippen molar-refractivity contribution in [3.63, 3.8) is 0 Å². The van der Waals surface area contributed by atoms with Crippen LogP contribution in [-0.2, 0) is 18.3 Å². The number of anilines is 2. The molecule has 0 bridgehead atoms. The van der Waals surface area contributed by atoms with Crippen LogP contribution in [0.5, 0.6) is 0 Å². The smallest absolute Gasteiger partial charge is 0.385 e. The molecule has 3 heterocycles. The number of hydrogen-bond acceptors (Lipinski definition) is 11. The molecule has 1 aliphatic heterocycles. The predicted molar refractivity (Wildman–Crippen MR) is 129 cm³/mol. The summed E-state index contributed by atoms with van der Waals surface area (Å²) in [5.41, 5.74) is 4.93. The number of benzene rings is 1. The second-order valence-electron chi connectivity index (χ2n) is 6.89. The van der Waals surface area contributed by atoms with E-state index in [4.69, 9.17) is 18.2 Å². The quantitative estimate of drug-likeness (QED) is 0.256. The predicted octanol–water partition coefficient (Wildman–Crippen LogP) is 3.97. The van der Waals surface area contributed by atoms with Crippen LogP contribution in [0.25, 0.3) is 11.3 Å². The third-order valence-corrected chi connectivity index (χ3v) is 7.43. The molecular weight excluding hydrogens is 465 g/mol. The average molecular weight is 492 g/mol. The van der Waals surface area contributed by atoms with Crippen molar-refractivity contribution in [3.05, 3.63) is 41.6 Å². The van der Waals surface area contributed by atoms with E-state index in [0.717, 1.165) is 11.3 Å². The molecule has 1 aliphatic rings. The molecule has 4 rings (SSSR count). The van der Waals surface area contributed by atoms with Crippen LogP contribution in [0.3, 0.4) is 0 Å². The van der Waals surface area contributed by atoms with E-state index in [1.165, 1.54) is 17.6 Å². The van der Waals surface area contributed by atoms with Crippen LogP contribution in [0.15, 0.2) is 45.2 Å². The number of hydrazone groups is 1. The number of aromatic nitrogens is 2. The third-order valence-electron chi connectivity index (χ3n) is 4.67. The van der Waals surface area contributed by atoms with Crippen molar-refractivity contribution in [2.75, 3.05) is 49.8 Å². The van der Waals surface area contributed by atoms with E-state index in [9.17, 15) is 4.57 Å². The summed E-state index contributed by atoms with van der Waals surface area (Å²) in [6, 6.07) is 9.90. The Balaban J connectivity index is 1.55. The van der Waals surface area contributed by atoms with Crippen molar-refractivity contribution < 1.29 is 22.8 Å². The topological polar surface area (TPSA) is 111 Å². The second kappa shape index (κ2) is 11.0. The lowest BCUT2D eigenvalue weighted by Gasteiger charge is -2.27. The normalized spacial score (nSPS) is 14.8. The lowest BCUT2D eigenvalue weighted by molar-refractivity contribution is 0.120.